The lowest BCUT2D eigenvalue weighted by atomic mass is 10.2. The van der Waals surface area contributed by atoms with Crippen molar-refractivity contribution < 1.29 is 13.2 Å². The number of hydrogen-bond donors (Lipinski definition) is 0. The maximum absolute atomic E-state index is 12.3. The first-order chi connectivity index (χ1) is 10.2. The topological polar surface area (TPSA) is 51.2 Å². The molecule has 0 spiro atoms. The number of hydrogen-bond acceptors (Lipinski definition) is 3. The highest BCUT2D eigenvalue weighted by Gasteiger charge is 2.17. The van der Waals surface area contributed by atoms with E-state index in [2.05, 4.69) is 13.2 Å². The predicted molar refractivity (Wildman–Crippen MR) is 91.4 cm³/mol. The highest BCUT2D eigenvalue weighted by atomic mass is 35.5. The van der Waals surface area contributed by atoms with Gasteiger partial charge in [0, 0.05) is 10.6 Å². The normalized spacial score (nSPS) is 12.4. The van der Waals surface area contributed by atoms with Crippen LogP contribution in [-0.2, 0) is 14.6 Å². The highest BCUT2D eigenvalue weighted by Crippen LogP contribution is 2.23. The first-order valence-corrected chi connectivity index (χ1v) is 8.37. The van der Waals surface area contributed by atoms with Crippen molar-refractivity contribution in [3.8, 4) is 0 Å². The van der Waals surface area contributed by atoms with E-state index in [0.29, 0.717) is 10.6 Å². The fourth-order valence-corrected chi connectivity index (χ4v) is 2.86. The summed E-state index contributed by atoms with van der Waals surface area (Å²) in [5.74, 6) is 0. The Morgan fingerprint density at radius 1 is 1.09 bits per heavy atom. The molecule has 1 aromatic carbocycles. The maximum atomic E-state index is 12.3. The summed E-state index contributed by atoms with van der Waals surface area (Å²) in [4.78, 5) is 11.0. The standard InChI is InChI=1S/C16H14Cl2O3S/c1-4-13(16(18)19)6-5-11(2)22(20,21)15-9-7-14(8-10-15)12(3)17/h4-10H,2-3H2,1H3/b6-5-,13-4+. The Kier molecular flexibility index (Phi) is 6.35. The van der Waals surface area contributed by atoms with Gasteiger partial charge in [-0.1, -0.05) is 43.0 Å². The van der Waals surface area contributed by atoms with E-state index in [9.17, 15) is 13.2 Å². The van der Waals surface area contributed by atoms with Crippen molar-refractivity contribution >= 4 is 43.3 Å². The molecule has 0 heterocycles. The number of sulfone groups is 1. The van der Waals surface area contributed by atoms with Crippen LogP contribution in [-0.4, -0.2) is 13.7 Å². The van der Waals surface area contributed by atoms with Gasteiger partial charge in [0.15, 0.2) is 0 Å². The Morgan fingerprint density at radius 2 is 1.64 bits per heavy atom. The number of halogens is 2. The van der Waals surface area contributed by atoms with Gasteiger partial charge in [-0.3, -0.25) is 4.79 Å². The van der Waals surface area contributed by atoms with Crippen molar-refractivity contribution in [1.29, 1.82) is 0 Å². The minimum Gasteiger partial charge on any atom is -0.276 e. The fraction of sp³-hybridized carbons (Fsp3) is 0.0625. The molecule has 0 fully saturated rings. The third-order valence-corrected chi connectivity index (χ3v) is 4.97. The zero-order chi connectivity index (χ0) is 16.9. The Bertz CT molecular complexity index is 770. The summed E-state index contributed by atoms with van der Waals surface area (Å²) in [5, 5.41) is -0.352. The molecule has 1 rings (SSSR count). The maximum Gasteiger partial charge on any atom is 0.252 e. The van der Waals surface area contributed by atoms with Gasteiger partial charge in [0.1, 0.15) is 0 Å². The van der Waals surface area contributed by atoms with Crippen LogP contribution in [0.25, 0.3) is 5.03 Å². The molecule has 0 unspecified atom stereocenters. The number of carbonyl (C=O) groups excluding carboxylic acids is 1. The largest absolute Gasteiger partial charge is 0.276 e. The van der Waals surface area contributed by atoms with E-state index in [-0.39, 0.29) is 15.4 Å². The summed E-state index contributed by atoms with van der Waals surface area (Å²) in [6, 6.07) is 5.94. The third kappa shape index (κ3) is 4.44. The average Bonchev–Trinajstić information content (AvgIpc) is 2.47. The van der Waals surface area contributed by atoms with Crippen LogP contribution in [0.5, 0.6) is 0 Å². The van der Waals surface area contributed by atoms with E-state index >= 15 is 0 Å². The average molecular weight is 357 g/mol. The summed E-state index contributed by atoms with van der Waals surface area (Å²) in [7, 11) is -3.75. The van der Waals surface area contributed by atoms with Crippen molar-refractivity contribution in [1.82, 2.24) is 0 Å². The summed E-state index contributed by atoms with van der Waals surface area (Å²) in [5.41, 5.74) is 0.817. The van der Waals surface area contributed by atoms with Crippen LogP contribution in [0.2, 0.25) is 0 Å². The van der Waals surface area contributed by atoms with Gasteiger partial charge in [-0.25, -0.2) is 8.42 Å². The van der Waals surface area contributed by atoms with Crippen LogP contribution in [0.1, 0.15) is 12.5 Å². The Hall–Kier alpha value is -1.62. The molecule has 3 nitrogen and oxygen atoms in total. The number of allylic oxidation sites excluding steroid dienone is 4. The summed E-state index contributed by atoms with van der Waals surface area (Å²) in [6.07, 6.45) is 4.02. The van der Waals surface area contributed by atoms with Crippen LogP contribution in [0.15, 0.2) is 71.0 Å². The fourth-order valence-electron chi connectivity index (χ4n) is 1.51. The molecule has 0 N–H and O–H groups in total. The van der Waals surface area contributed by atoms with Gasteiger partial charge in [0.2, 0.25) is 9.84 Å². The second kappa shape index (κ2) is 7.58. The predicted octanol–water partition coefficient (Wildman–Crippen LogP) is 4.45. The molecule has 0 saturated heterocycles. The smallest absolute Gasteiger partial charge is 0.252 e. The number of carbonyl (C=O) groups is 1. The van der Waals surface area contributed by atoms with Crippen LogP contribution in [0.3, 0.4) is 0 Å². The monoisotopic (exact) mass is 356 g/mol. The van der Waals surface area contributed by atoms with Crippen molar-refractivity contribution in [3.05, 3.63) is 71.7 Å². The van der Waals surface area contributed by atoms with Gasteiger partial charge in [0.05, 0.1) is 9.80 Å². The molecular formula is C16H14Cl2O3S. The van der Waals surface area contributed by atoms with E-state index < -0.39 is 15.1 Å². The zero-order valence-electron chi connectivity index (χ0n) is 11.8. The molecule has 6 heteroatoms. The van der Waals surface area contributed by atoms with Gasteiger partial charge in [0.25, 0.3) is 5.24 Å². The van der Waals surface area contributed by atoms with E-state index in [4.69, 9.17) is 23.2 Å². The van der Waals surface area contributed by atoms with Crippen molar-refractivity contribution in [3.63, 3.8) is 0 Å². The Labute approximate surface area is 140 Å². The Morgan fingerprint density at radius 3 is 2.05 bits per heavy atom. The second-order valence-corrected chi connectivity index (χ2v) is 7.05. The van der Waals surface area contributed by atoms with E-state index in [1.165, 1.54) is 30.4 Å². The molecule has 0 aliphatic heterocycles. The zero-order valence-corrected chi connectivity index (χ0v) is 14.2. The molecule has 0 atom stereocenters. The quantitative estimate of drug-likeness (QED) is 0.429. The molecule has 0 amide bonds. The van der Waals surface area contributed by atoms with Gasteiger partial charge in [-0.05, 0) is 48.4 Å². The van der Waals surface area contributed by atoms with E-state index in [1.807, 2.05) is 0 Å². The minimum atomic E-state index is -3.75. The highest BCUT2D eigenvalue weighted by molar-refractivity contribution is 7.95. The van der Waals surface area contributed by atoms with Gasteiger partial charge >= 0.3 is 0 Å². The molecule has 116 valence electrons. The number of benzene rings is 1. The lowest BCUT2D eigenvalue weighted by Crippen LogP contribution is -2.02. The minimum absolute atomic E-state index is 0.0723. The molecule has 0 aliphatic rings. The van der Waals surface area contributed by atoms with Crippen LogP contribution >= 0.6 is 23.2 Å². The molecule has 0 saturated carbocycles. The molecule has 0 aromatic heterocycles. The van der Waals surface area contributed by atoms with Crippen LogP contribution < -0.4 is 0 Å². The van der Waals surface area contributed by atoms with Crippen molar-refractivity contribution in [2.75, 3.05) is 0 Å². The summed E-state index contributed by atoms with van der Waals surface area (Å²) in [6.45, 7) is 8.71. The first-order valence-electron chi connectivity index (χ1n) is 6.13. The van der Waals surface area contributed by atoms with Crippen molar-refractivity contribution in [2.45, 2.75) is 11.8 Å². The molecule has 22 heavy (non-hydrogen) atoms. The van der Waals surface area contributed by atoms with E-state index in [0.717, 1.165) is 0 Å². The first kappa shape index (κ1) is 18.4. The van der Waals surface area contributed by atoms with Crippen LogP contribution in [0, 0.1) is 0 Å². The van der Waals surface area contributed by atoms with E-state index in [1.54, 1.807) is 19.1 Å². The van der Waals surface area contributed by atoms with Gasteiger partial charge < -0.3 is 0 Å². The molecular weight excluding hydrogens is 343 g/mol. The van der Waals surface area contributed by atoms with Crippen molar-refractivity contribution in [2.24, 2.45) is 0 Å². The Balaban J connectivity index is 3.08. The molecule has 0 radical (unpaired) electrons. The molecule has 1 aromatic rings. The molecule has 0 aliphatic carbocycles. The van der Waals surface area contributed by atoms with Crippen LogP contribution in [0.4, 0.5) is 0 Å². The lowest BCUT2D eigenvalue weighted by Gasteiger charge is -2.05. The summed E-state index contributed by atoms with van der Waals surface area (Å²) >= 11 is 11.1. The summed E-state index contributed by atoms with van der Waals surface area (Å²) < 4.78 is 24.7. The van der Waals surface area contributed by atoms with Gasteiger partial charge in [-0.15, -0.1) is 0 Å². The van der Waals surface area contributed by atoms with Gasteiger partial charge in [-0.2, -0.15) is 0 Å². The SMILES string of the molecule is C=C(Cl)c1ccc(S(=O)(=O)C(=C)/C=C\C(=C/C)C(=O)Cl)cc1. The second-order valence-electron chi connectivity index (χ2n) is 4.25. The molecule has 0 bridgehead atoms. The number of rotatable bonds is 6. The third-order valence-electron chi connectivity index (χ3n) is 2.81. The lowest BCUT2D eigenvalue weighted by molar-refractivity contribution is -0.108.